The molecule has 0 radical (unpaired) electrons. The highest BCUT2D eigenvalue weighted by Gasteiger charge is 2.49. The van der Waals surface area contributed by atoms with Crippen LogP contribution in [0.2, 0.25) is 0 Å². The van der Waals surface area contributed by atoms with Crippen LogP contribution < -0.4 is 0 Å². The van der Waals surface area contributed by atoms with Gasteiger partial charge in [-0.3, -0.25) is 14.5 Å². The van der Waals surface area contributed by atoms with E-state index in [1.165, 1.54) is 10.5 Å². The number of carbonyl (C=O) groups excluding carboxylic acids is 2. The number of benzene rings is 2. The van der Waals surface area contributed by atoms with Gasteiger partial charge in [-0.25, -0.2) is 0 Å². The first-order valence-corrected chi connectivity index (χ1v) is 7.22. The third-order valence-electron chi connectivity index (χ3n) is 4.58. The molecule has 21 heavy (non-hydrogen) atoms. The summed E-state index contributed by atoms with van der Waals surface area (Å²) >= 11 is 0. The summed E-state index contributed by atoms with van der Waals surface area (Å²) < 4.78 is 0. The molecule has 0 spiro atoms. The monoisotopic (exact) mass is 277 g/mol. The molecule has 2 aliphatic rings. The van der Waals surface area contributed by atoms with E-state index in [-0.39, 0.29) is 17.2 Å². The fourth-order valence-corrected chi connectivity index (χ4v) is 3.17. The van der Waals surface area contributed by atoms with Gasteiger partial charge in [0, 0.05) is 12.0 Å². The lowest BCUT2D eigenvalue weighted by Gasteiger charge is -2.22. The van der Waals surface area contributed by atoms with Gasteiger partial charge >= 0.3 is 0 Å². The molecule has 1 heterocycles. The standard InChI is InChI=1S/C18H15NO2/c20-16-14-8-4-5-9-15(14)17(21)19(16)12-18(10-11-18)13-6-2-1-3-7-13/h1-9H,10-12H2. The summed E-state index contributed by atoms with van der Waals surface area (Å²) in [6.07, 6.45) is 2.06. The predicted molar refractivity (Wildman–Crippen MR) is 79.2 cm³/mol. The first-order valence-electron chi connectivity index (χ1n) is 7.22. The second-order valence-electron chi connectivity index (χ2n) is 5.89. The van der Waals surface area contributed by atoms with Gasteiger partial charge in [0.15, 0.2) is 0 Å². The Morgan fingerprint density at radius 1 is 0.810 bits per heavy atom. The van der Waals surface area contributed by atoms with E-state index in [0.29, 0.717) is 17.7 Å². The van der Waals surface area contributed by atoms with Gasteiger partial charge < -0.3 is 0 Å². The number of imide groups is 1. The zero-order valence-corrected chi connectivity index (χ0v) is 11.6. The number of nitrogens with zero attached hydrogens (tertiary/aromatic N) is 1. The number of amides is 2. The van der Waals surface area contributed by atoms with E-state index in [1.807, 2.05) is 18.2 Å². The molecule has 0 saturated heterocycles. The van der Waals surface area contributed by atoms with Gasteiger partial charge in [0.25, 0.3) is 11.8 Å². The van der Waals surface area contributed by atoms with E-state index in [2.05, 4.69) is 12.1 Å². The van der Waals surface area contributed by atoms with Gasteiger partial charge in [0.05, 0.1) is 11.1 Å². The average molecular weight is 277 g/mol. The van der Waals surface area contributed by atoms with E-state index < -0.39 is 0 Å². The van der Waals surface area contributed by atoms with Crippen molar-refractivity contribution in [2.45, 2.75) is 18.3 Å². The van der Waals surface area contributed by atoms with E-state index in [9.17, 15) is 9.59 Å². The first kappa shape index (κ1) is 12.3. The summed E-state index contributed by atoms with van der Waals surface area (Å²) in [4.78, 5) is 26.3. The van der Waals surface area contributed by atoms with Gasteiger partial charge in [-0.05, 0) is 30.5 Å². The quantitative estimate of drug-likeness (QED) is 0.809. The molecular weight excluding hydrogens is 262 g/mol. The number of hydrogen-bond acceptors (Lipinski definition) is 2. The molecule has 1 saturated carbocycles. The molecule has 2 amide bonds. The zero-order valence-electron chi connectivity index (χ0n) is 11.6. The third-order valence-corrected chi connectivity index (χ3v) is 4.58. The van der Waals surface area contributed by atoms with Crippen LogP contribution in [0.25, 0.3) is 0 Å². The van der Waals surface area contributed by atoms with E-state index in [0.717, 1.165) is 12.8 Å². The lowest BCUT2D eigenvalue weighted by Crippen LogP contribution is -2.37. The third kappa shape index (κ3) is 1.81. The van der Waals surface area contributed by atoms with Crippen molar-refractivity contribution in [3.05, 3.63) is 71.3 Å². The first-order chi connectivity index (χ1) is 10.2. The maximum atomic E-state index is 12.4. The van der Waals surface area contributed by atoms with Crippen molar-refractivity contribution in [1.29, 1.82) is 0 Å². The number of rotatable bonds is 3. The molecule has 0 unspecified atom stereocenters. The molecule has 0 N–H and O–H groups in total. The molecule has 2 aromatic rings. The fourth-order valence-electron chi connectivity index (χ4n) is 3.17. The van der Waals surface area contributed by atoms with Crippen LogP contribution in [0.15, 0.2) is 54.6 Å². The molecule has 0 atom stereocenters. The van der Waals surface area contributed by atoms with Crippen LogP contribution in [-0.4, -0.2) is 23.3 Å². The molecule has 3 heteroatoms. The van der Waals surface area contributed by atoms with Gasteiger partial charge in [0.2, 0.25) is 0 Å². The van der Waals surface area contributed by atoms with Crippen LogP contribution in [0.5, 0.6) is 0 Å². The zero-order chi connectivity index (χ0) is 14.4. The second-order valence-corrected chi connectivity index (χ2v) is 5.89. The van der Waals surface area contributed by atoms with Crippen molar-refractivity contribution in [2.24, 2.45) is 0 Å². The Balaban J connectivity index is 1.65. The molecule has 0 bridgehead atoms. The summed E-state index contributed by atoms with van der Waals surface area (Å²) in [5.74, 6) is -0.310. The second kappa shape index (κ2) is 4.29. The van der Waals surface area contributed by atoms with Crippen molar-refractivity contribution in [3.8, 4) is 0 Å². The maximum Gasteiger partial charge on any atom is 0.261 e. The minimum atomic E-state index is -0.155. The lowest BCUT2D eigenvalue weighted by molar-refractivity contribution is 0.0639. The number of carbonyl (C=O) groups is 2. The molecule has 0 aromatic heterocycles. The molecule has 1 aliphatic heterocycles. The van der Waals surface area contributed by atoms with Gasteiger partial charge in [-0.15, -0.1) is 0 Å². The largest absolute Gasteiger partial charge is 0.273 e. The van der Waals surface area contributed by atoms with E-state index in [1.54, 1.807) is 24.3 Å². The minimum absolute atomic E-state index is 0.0331. The van der Waals surface area contributed by atoms with Crippen molar-refractivity contribution in [3.63, 3.8) is 0 Å². The Kier molecular flexibility index (Phi) is 2.52. The van der Waals surface area contributed by atoms with Gasteiger partial charge in [-0.1, -0.05) is 42.5 Å². The van der Waals surface area contributed by atoms with Crippen molar-refractivity contribution in [2.75, 3.05) is 6.54 Å². The van der Waals surface area contributed by atoms with Crippen LogP contribution in [0.3, 0.4) is 0 Å². The summed E-state index contributed by atoms with van der Waals surface area (Å²) in [5, 5.41) is 0. The Hall–Kier alpha value is -2.42. The molecule has 2 aromatic carbocycles. The molecule has 1 fully saturated rings. The van der Waals surface area contributed by atoms with Gasteiger partial charge in [0.1, 0.15) is 0 Å². The smallest absolute Gasteiger partial charge is 0.261 e. The number of fused-ring (bicyclic) bond motifs is 1. The highest BCUT2D eigenvalue weighted by Crippen LogP contribution is 2.49. The summed E-state index contributed by atoms with van der Waals surface area (Å²) in [6, 6.07) is 17.3. The highest BCUT2D eigenvalue weighted by atomic mass is 16.2. The van der Waals surface area contributed by atoms with Crippen LogP contribution in [0, 0.1) is 0 Å². The number of hydrogen-bond donors (Lipinski definition) is 0. The minimum Gasteiger partial charge on any atom is -0.273 e. The Labute approximate surface area is 123 Å². The molecular formula is C18H15NO2. The van der Waals surface area contributed by atoms with Crippen LogP contribution in [0.4, 0.5) is 0 Å². The van der Waals surface area contributed by atoms with Crippen LogP contribution in [-0.2, 0) is 5.41 Å². The predicted octanol–water partition coefficient (Wildman–Crippen LogP) is 3.01. The Bertz CT molecular complexity index is 697. The average Bonchev–Trinajstić information content (AvgIpc) is 3.29. The van der Waals surface area contributed by atoms with E-state index in [4.69, 9.17) is 0 Å². The molecule has 104 valence electrons. The van der Waals surface area contributed by atoms with Crippen LogP contribution in [0.1, 0.15) is 39.1 Å². The van der Waals surface area contributed by atoms with Crippen molar-refractivity contribution in [1.82, 2.24) is 4.90 Å². The molecule has 1 aliphatic carbocycles. The summed E-state index contributed by atoms with van der Waals surface area (Å²) in [5.41, 5.74) is 2.26. The molecule has 4 rings (SSSR count). The SMILES string of the molecule is O=C1c2ccccc2C(=O)N1CC1(c2ccccc2)CC1. The van der Waals surface area contributed by atoms with E-state index >= 15 is 0 Å². The fraction of sp³-hybridized carbons (Fsp3) is 0.222. The van der Waals surface area contributed by atoms with Crippen molar-refractivity contribution >= 4 is 11.8 Å². The normalized spacial score (nSPS) is 18.8. The topological polar surface area (TPSA) is 37.4 Å². The summed E-state index contributed by atoms with van der Waals surface area (Å²) in [6.45, 7) is 0.489. The maximum absolute atomic E-state index is 12.4. The Morgan fingerprint density at radius 2 is 1.33 bits per heavy atom. The lowest BCUT2D eigenvalue weighted by atomic mass is 9.95. The molecule has 3 nitrogen and oxygen atoms in total. The highest BCUT2D eigenvalue weighted by molar-refractivity contribution is 6.21. The Morgan fingerprint density at radius 3 is 1.86 bits per heavy atom. The van der Waals surface area contributed by atoms with Crippen molar-refractivity contribution < 1.29 is 9.59 Å². The van der Waals surface area contributed by atoms with Crippen LogP contribution >= 0.6 is 0 Å². The summed E-state index contributed by atoms with van der Waals surface area (Å²) in [7, 11) is 0. The van der Waals surface area contributed by atoms with Gasteiger partial charge in [-0.2, -0.15) is 0 Å².